The maximum atomic E-state index is 11.8. The third-order valence-electron chi connectivity index (χ3n) is 3.06. The average molecular weight is 329 g/mol. The molecule has 3 aromatic rings. The number of aryl methyl sites for hydroxylation is 1. The van der Waals surface area contributed by atoms with Crippen LogP contribution in [0, 0.1) is 0 Å². The molecule has 0 bridgehead atoms. The summed E-state index contributed by atoms with van der Waals surface area (Å²) in [5.74, 6) is 0.0869. The highest BCUT2D eigenvalue weighted by Crippen LogP contribution is 2.22. The fourth-order valence-corrected chi connectivity index (χ4v) is 2.87. The first-order valence-electron chi connectivity index (χ1n) is 7.21. The molecule has 7 nitrogen and oxygen atoms in total. The van der Waals surface area contributed by atoms with Crippen LogP contribution in [-0.4, -0.2) is 31.2 Å². The van der Waals surface area contributed by atoms with Gasteiger partial charge in [-0.15, -0.1) is 16.4 Å². The highest BCUT2D eigenvalue weighted by atomic mass is 32.1. The summed E-state index contributed by atoms with van der Waals surface area (Å²) in [5.41, 5.74) is 0.921. The number of nitrogens with zero attached hydrogens (tertiary/aromatic N) is 5. The first-order valence-corrected chi connectivity index (χ1v) is 8.03. The number of hydrogen-bond acceptors (Lipinski definition) is 7. The summed E-state index contributed by atoms with van der Waals surface area (Å²) < 4.78 is 7.87. The van der Waals surface area contributed by atoms with Crippen LogP contribution in [0.15, 0.2) is 30.3 Å². The Morgan fingerprint density at radius 1 is 1.39 bits per heavy atom. The molecule has 0 atom stereocenters. The number of esters is 1. The van der Waals surface area contributed by atoms with Gasteiger partial charge in [-0.3, -0.25) is 0 Å². The number of carbonyl (C=O) groups excluding carboxylic acids is 1. The molecule has 0 aliphatic heterocycles. The Balaban J connectivity index is 1.59. The number of aromatic nitrogens is 5. The van der Waals surface area contributed by atoms with E-state index in [0.29, 0.717) is 12.4 Å². The number of thiazole rings is 1. The van der Waals surface area contributed by atoms with E-state index in [2.05, 4.69) is 20.5 Å². The molecule has 0 aliphatic rings. The van der Waals surface area contributed by atoms with E-state index in [0.717, 1.165) is 21.6 Å². The van der Waals surface area contributed by atoms with Crippen LogP contribution in [-0.2, 0) is 22.7 Å². The first-order chi connectivity index (χ1) is 11.3. The number of rotatable bonds is 6. The monoisotopic (exact) mass is 329 g/mol. The molecule has 0 saturated heterocycles. The minimum absolute atomic E-state index is 0.0516. The minimum Gasteiger partial charge on any atom is -0.454 e. The molecule has 8 heteroatoms. The Labute approximate surface area is 136 Å². The molecule has 0 amide bonds. The number of tetrazole rings is 1. The van der Waals surface area contributed by atoms with Gasteiger partial charge in [-0.2, -0.15) is 0 Å². The number of hydrogen-bond donors (Lipinski definition) is 0. The Hall–Kier alpha value is -2.61. The van der Waals surface area contributed by atoms with Crippen LogP contribution in [0.25, 0.3) is 16.3 Å². The van der Waals surface area contributed by atoms with E-state index in [4.69, 9.17) is 4.74 Å². The highest BCUT2D eigenvalue weighted by molar-refractivity contribution is 7.19. The lowest BCUT2D eigenvalue weighted by Gasteiger charge is -2.02. The molecule has 0 aliphatic carbocycles. The van der Waals surface area contributed by atoms with Gasteiger partial charge in [0, 0.05) is 12.6 Å². The van der Waals surface area contributed by atoms with Crippen molar-refractivity contribution in [1.82, 2.24) is 25.2 Å². The summed E-state index contributed by atoms with van der Waals surface area (Å²) in [6, 6.07) is 7.83. The van der Waals surface area contributed by atoms with Crippen molar-refractivity contribution in [3.05, 3.63) is 41.2 Å². The van der Waals surface area contributed by atoms with E-state index < -0.39 is 5.97 Å². The smallest absolute Gasteiger partial charge is 0.331 e. The summed E-state index contributed by atoms with van der Waals surface area (Å²) >= 11 is 1.52. The predicted octanol–water partition coefficient (Wildman–Crippen LogP) is 2.45. The number of benzene rings is 1. The van der Waals surface area contributed by atoms with Gasteiger partial charge in [0.05, 0.1) is 10.2 Å². The summed E-state index contributed by atoms with van der Waals surface area (Å²) in [5, 5.41) is 12.0. The SMILES string of the molecule is CCCn1nnnc1COC(=O)/C=C/c1nc2ccccc2s1. The number of carbonyl (C=O) groups is 1. The number of fused-ring (bicyclic) bond motifs is 1. The maximum Gasteiger partial charge on any atom is 0.331 e. The summed E-state index contributed by atoms with van der Waals surface area (Å²) in [6.07, 6.45) is 3.93. The predicted molar refractivity (Wildman–Crippen MR) is 86.6 cm³/mol. The van der Waals surface area contributed by atoms with Gasteiger partial charge in [0.15, 0.2) is 12.4 Å². The number of ether oxygens (including phenoxy) is 1. The highest BCUT2D eigenvalue weighted by Gasteiger charge is 2.08. The van der Waals surface area contributed by atoms with E-state index in [1.54, 1.807) is 10.8 Å². The van der Waals surface area contributed by atoms with E-state index in [1.165, 1.54) is 17.4 Å². The topological polar surface area (TPSA) is 82.8 Å². The van der Waals surface area contributed by atoms with Crippen LogP contribution >= 0.6 is 11.3 Å². The van der Waals surface area contributed by atoms with Gasteiger partial charge in [-0.25, -0.2) is 14.5 Å². The minimum atomic E-state index is -0.449. The van der Waals surface area contributed by atoms with Crippen LogP contribution in [0.1, 0.15) is 24.2 Å². The molecule has 0 unspecified atom stereocenters. The van der Waals surface area contributed by atoms with Crippen molar-refractivity contribution in [2.24, 2.45) is 0 Å². The molecule has 118 valence electrons. The Bertz CT molecular complexity index is 806. The second-order valence-corrected chi connectivity index (χ2v) is 5.84. The van der Waals surface area contributed by atoms with Gasteiger partial charge >= 0.3 is 5.97 Å². The molecule has 0 saturated carbocycles. The first kappa shape index (κ1) is 15.3. The Kier molecular flexibility index (Phi) is 4.72. The molecule has 2 aromatic heterocycles. The van der Waals surface area contributed by atoms with E-state index in [1.807, 2.05) is 31.2 Å². The fraction of sp³-hybridized carbons (Fsp3) is 0.267. The Morgan fingerprint density at radius 3 is 3.09 bits per heavy atom. The number of para-hydroxylation sites is 1. The maximum absolute atomic E-state index is 11.8. The van der Waals surface area contributed by atoms with Crippen molar-refractivity contribution in [2.45, 2.75) is 26.5 Å². The fourth-order valence-electron chi connectivity index (χ4n) is 2.00. The summed E-state index contributed by atoms with van der Waals surface area (Å²) in [6.45, 7) is 2.77. The molecule has 1 aromatic carbocycles. The zero-order valence-electron chi connectivity index (χ0n) is 12.5. The van der Waals surface area contributed by atoms with Gasteiger partial charge in [-0.05, 0) is 35.1 Å². The lowest BCUT2D eigenvalue weighted by atomic mass is 10.3. The van der Waals surface area contributed by atoms with Crippen molar-refractivity contribution in [1.29, 1.82) is 0 Å². The van der Waals surface area contributed by atoms with E-state index >= 15 is 0 Å². The van der Waals surface area contributed by atoms with Crippen molar-refractivity contribution in [2.75, 3.05) is 0 Å². The normalized spacial score (nSPS) is 11.3. The molecular formula is C15H15N5O2S. The van der Waals surface area contributed by atoms with Crippen LogP contribution in [0.3, 0.4) is 0 Å². The molecule has 0 fully saturated rings. The van der Waals surface area contributed by atoms with Crippen molar-refractivity contribution in [3.8, 4) is 0 Å². The lowest BCUT2D eigenvalue weighted by Crippen LogP contribution is -2.09. The summed E-state index contributed by atoms with van der Waals surface area (Å²) in [4.78, 5) is 16.2. The van der Waals surface area contributed by atoms with E-state index in [9.17, 15) is 4.79 Å². The summed E-state index contributed by atoms with van der Waals surface area (Å²) in [7, 11) is 0. The molecule has 23 heavy (non-hydrogen) atoms. The van der Waals surface area contributed by atoms with Crippen LogP contribution in [0.2, 0.25) is 0 Å². The molecule has 0 radical (unpaired) electrons. The van der Waals surface area contributed by atoms with Crippen molar-refractivity contribution < 1.29 is 9.53 Å². The van der Waals surface area contributed by atoms with Crippen molar-refractivity contribution >= 4 is 33.6 Å². The zero-order chi connectivity index (χ0) is 16.1. The van der Waals surface area contributed by atoms with Crippen LogP contribution in [0.5, 0.6) is 0 Å². The second-order valence-electron chi connectivity index (χ2n) is 4.78. The van der Waals surface area contributed by atoms with Gasteiger partial charge in [-0.1, -0.05) is 19.1 Å². The van der Waals surface area contributed by atoms with E-state index in [-0.39, 0.29) is 6.61 Å². The van der Waals surface area contributed by atoms with Gasteiger partial charge in [0.2, 0.25) is 0 Å². The van der Waals surface area contributed by atoms with Gasteiger partial charge in [0.25, 0.3) is 0 Å². The quantitative estimate of drug-likeness (QED) is 0.510. The van der Waals surface area contributed by atoms with Crippen LogP contribution in [0.4, 0.5) is 0 Å². The third-order valence-corrected chi connectivity index (χ3v) is 4.06. The lowest BCUT2D eigenvalue weighted by molar-refractivity contribution is -0.139. The van der Waals surface area contributed by atoms with Crippen molar-refractivity contribution in [3.63, 3.8) is 0 Å². The molecular weight excluding hydrogens is 314 g/mol. The molecule has 3 rings (SSSR count). The third kappa shape index (κ3) is 3.78. The largest absolute Gasteiger partial charge is 0.454 e. The zero-order valence-corrected chi connectivity index (χ0v) is 13.4. The molecule has 0 N–H and O–H groups in total. The Morgan fingerprint density at radius 2 is 2.26 bits per heavy atom. The second kappa shape index (κ2) is 7.10. The van der Waals surface area contributed by atoms with Gasteiger partial charge < -0.3 is 4.74 Å². The average Bonchev–Trinajstić information content (AvgIpc) is 3.17. The van der Waals surface area contributed by atoms with Crippen LogP contribution < -0.4 is 0 Å². The molecule has 2 heterocycles. The standard InChI is InChI=1S/C15H15N5O2S/c1-2-9-20-13(17-18-19-20)10-22-15(21)8-7-14-16-11-5-3-4-6-12(11)23-14/h3-8H,2,9-10H2,1H3/b8-7+. The van der Waals surface area contributed by atoms with Gasteiger partial charge in [0.1, 0.15) is 5.01 Å². The molecule has 0 spiro atoms.